The molecule has 0 heterocycles. The standard InChI is InChI=1S/C14H16F2O/c1-2-3-4-5-6-7-14(17)11-8-12(15)10-13(16)9-11/h2,8-10H,1,3-7H2. The number of ketones is 1. The molecule has 1 nitrogen and oxygen atoms in total. The second-order valence-corrected chi connectivity index (χ2v) is 3.97. The minimum Gasteiger partial charge on any atom is -0.294 e. The van der Waals surface area contributed by atoms with Gasteiger partial charge in [0.1, 0.15) is 11.6 Å². The Hall–Kier alpha value is -1.51. The number of Topliss-reactive ketones (excluding diaryl/α,β-unsaturated/α-hetero) is 1. The highest BCUT2D eigenvalue weighted by molar-refractivity contribution is 5.96. The highest BCUT2D eigenvalue weighted by Gasteiger charge is 2.08. The van der Waals surface area contributed by atoms with E-state index in [4.69, 9.17) is 0 Å². The summed E-state index contributed by atoms with van der Waals surface area (Å²) in [6.07, 6.45) is 5.77. The Morgan fingerprint density at radius 3 is 2.35 bits per heavy atom. The number of rotatable bonds is 7. The zero-order chi connectivity index (χ0) is 12.7. The number of benzene rings is 1. The van der Waals surface area contributed by atoms with Gasteiger partial charge in [-0.25, -0.2) is 8.78 Å². The maximum atomic E-state index is 12.9. The summed E-state index contributed by atoms with van der Waals surface area (Å²) in [6, 6.07) is 2.92. The molecule has 17 heavy (non-hydrogen) atoms. The summed E-state index contributed by atoms with van der Waals surface area (Å²) in [5, 5.41) is 0. The zero-order valence-electron chi connectivity index (χ0n) is 9.72. The van der Waals surface area contributed by atoms with E-state index in [9.17, 15) is 13.6 Å². The molecule has 0 radical (unpaired) electrons. The Bertz CT molecular complexity index is 379. The largest absolute Gasteiger partial charge is 0.294 e. The van der Waals surface area contributed by atoms with Crippen LogP contribution in [0.2, 0.25) is 0 Å². The number of allylic oxidation sites excluding steroid dienone is 1. The minimum atomic E-state index is -0.708. The highest BCUT2D eigenvalue weighted by atomic mass is 19.1. The van der Waals surface area contributed by atoms with Gasteiger partial charge in [0.05, 0.1) is 0 Å². The molecule has 0 N–H and O–H groups in total. The number of hydrogen-bond donors (Lipinski definition) is 0. The average Bonchev–Trinajstić information content (AvgIpc) is 2.27. The first-order chi connectivity index (χ1) is 8.13. The van der Waals surface area contributed by atoms with Gasteiger partial charge in [-0.15, -0.1) is 6.58 Å². The fraction of sp³-hybridized carbons (Fsp3) is 0.357. The number of carbonyl (C=O) groups excluding carboxylic acids is 1. The van der Waals surface area contributed by atoms with E-state index in [-0.39, 0.29) is 11.3 Å². The van der Waals surface area contributed by atoms with Gasteiger partial charge in [0, 0.05) is 18.1 Å². The first-order valence-corrected chi connectivity index (χ1v) is 5.73. The summed E-state index contributed by atoms with van der Waals surface area (Å²) < 4.78 is 25.7. The highest BCUT2D eigenvalue weighted by Crippen LogP contribution is 2.12. The monoisotopic (exact) mass is 238 g/mol. The van der Waals surface area contributed by atoms with Crippen LogP contribution in [-0.4, -0.2) is 5.78 Å². The summed E-state index contributed by atoms with van der Waals surface area (Å²) in [7, 11) is 0. The van der Waals surface area contributed by atoms with Crippen molar-refractivity contribution in [1.82, 2.24) is 0 Å². The molecule has 0 spiro atoms. The van der Waals surface area contributed by atoms with Crippen LogP contribution in [0.15, 0.2) is 30.9 Å². The predicted octanol–water partition coefficient (Wildman–Crippen LogP) is 4.28. The van der Waals surface area contributed by atoms with E-state index in [1.165, 1.54) is 0 Å². The summed E-state index contributed by atoms with van der Waals surface area (Å²) in [4.78, 5) is 11.6. The van der Waals surface area contributed by atoms with Crippen LogP contribution in [0.25, 0.3) is 0 Å². The van der Waals surface area contributed by atoms with Crippen LogP contribution in [-0.2, 0) is 0 Å². The van der Waals surface area contributed by atoms with E-state index in [0.717, 1.165) is 43.9 Å². The normalized spacial score (nSPS) is 10.2. The molecule has 0 aromatic heterocycles. The predicted molar refractivity (Wildman–Crippen MR) is 64.0 cm³/mol. The third-order valence-electron chi connectivity index (χ3n) is 2.50. The molecule has 1 aromatic rings. The second-order valence-electron chi connectivity index (χ2n) is 3.97. The van der Waals surface area contributed by atoms with Gasteiger partial charge in [-0.3, -0.25) is 4.79 Å². The van der Waals surface area contributed by atoms with E-state index in [2.05, 4.69) is 6.58 Å². The van der Waals surface area contributed by atoms with Crippen LogP contribution in [0.5, 0.6) is 0 Å². The van der Waals surface area contributed by atoms with Crippen LogP contribution in [0.1, 0.15) is 42.5 Å². The molecule has 0 aliphatic rings. The molecule has 0 bridgehead atoms. The van der Waals surface area contributed by atoms with E-state index in [1.807, 2.05) is 6.08 Å². The SMILES string of the molecule is C=CCCCCCC(=O)c1cc(F)cc(F)c1. The molecule has 92 valence electrons. The fourth-order valence-electron chi connectivity index (χ4n) is 1.61. The summed E-state index contributed by atoms with van der Waals surface area (Å²) in [5.41, 5.74) is 0.117. The molecule has 0 fully saturated rings. The molecular weight excluding hydrogens is 222 g/mol. The molecule has 0 unspecified atom stereocenters. The van der Waals surface area contributed by atoms with Crippen LogP contribution < -0.4 is 0 Å². The van der Waals surface area contributed by atoms with Crippen LogP contribution in [0.3, 0.4) is 0 Å². The van der Waals surface area contributed by atoms with Gasteiger partial charge in [0.15, 0.2) is 5.78 Å². The Morgan fingerprint density at radius 1 is 1.12 bits per heavy atom. The molecule has 1 rings (SSSR count). The Labute approximate surface area is 100 Å². The van der Waals surface area contributed by atoms with Gasteiger partial charge < -0.3 is 0 Å². The lowest BCUT2D eigenvalue weighted by Gasteiger charge is -2.01. The first kappa shape index (κ1) is 13.6. The van der Waals surface area contributed by atoms with Gasteiger partial charge >= 0.3 is 0 Å². The van der Waals surface area contributed by atoms with Crippen molar-refractivity contribution >= 4 is 5.78 Å². The first-order valence-electron chi connectivity index (χ1n) is 5.73. The molecule has 0 saturated carbocycles. The van der Waals surface area contributed by atoms with Crippen molar-refractivity contribution in [2.75, 3.05) is 0 Å². The fourth-order valence-corrected chi connectivity index (χ4v) is 1.61. The molecule has 1 aromatic carbocycles. The smallest absolute Gasteiger partial charge is 0.163 e. The lowest BCUT2D eigenvalue weighted by molar-refractivity contribution is 0.0978. The summed E-state index contributed by atoms with van der Waals surface area (Å²) in [6.45, 7) is 3.61. The number of hydrogen-bond acceptors (Lipinski definition) is 1. The lowest BCUT2D eigenvalue weighted by atomic mass is 10.0. The van der Waals surface area contributed by atoms with Gasteiger partial charge in [0.25, 0.3) is 0 Å². The van der Waals surface area contributed by atoms with Gasteiger partial charge in [0.2, 0.25) is 0 Å². The van der Waals surface area contributed by atoms with Crippen LogP contribution in [0, 0.1) is 11.6 Å². The molecule has 0 aliphatic heterocycles. The van der Waals surface area contributed by atoms with Gasteiger partial charge in [-0.2, -0.15) is 0 Å². The van der Waals surface area contributed by atoms with Crippen molar-refractivity contribution in [1.29, 1.82) is 0 Å². The molecule has 0 atom stereocenters. The molecule has 0 saturated heterocycles. The van der Waals surface area contributed by atoms with Crippen LogP contribution in [0.4, 0.5) is 8.78 Å². The summed E-state index contributed by atoms with van der Waals surface area (Å²) in [5.74, 6) is -1.62. The molecule has 0 amide bonds. The van der Waals surface area contributed by atoms with Crippen molar-refractivity contribution in [2.24, 2.45) is 0 Å². The van der Waals surface area contributed by atoms with Crippen molar-refractivity contribution in [3.05, 3.63) is 48.1 Å². The lowest BCUT2D eigenvalue weighted by Crippen LogP contribution is -2.00. The van der Waals surface area contributed by atoms with Crippen molar-refractivity contribution in [3.63, 3.8) is 0 Å². The Kier molecular flexibility index (Phi) is 5.53. The van der Waals surface area contributed by atoms with Crippen molar-refractivity contribution in [2.45, 2.75) is 32.1 Å². The van der Waals surface area contributed by atoms with E-state index < -0.39 is 11.6 Å². The van der Waals surface area contributed by atoms with E-state index in [1.54, 1.807) is 0 Å². The maximum absolute atomic E-state index is 12.9. The molecular formula is C14H16F2O. The Balaban J connectivity index is 2.44. The van der Waals surface area contributed by atoms with Crippen molar-refractivity contribution in [3.8, 4) is 0 Å². The number of halogens is 2. The number of unbranched alkanes of at least 4 members (excludes halogenated alkanes) is 3. The van der Waals surface area contributed by atoms with Gasteiger partial charge in [-0.05, 0) is 31.4 Å². The maximum Gasteiger partial charge on any atom is 0.163 e. The topological polar surface area (TPSA) is 17.1 Å². The minimum absolute atomic E-state index is 0.117. The summed E-state index contributed by atoms with van der Waals surface area (Å²) >= 11 is 0. The average molecular weight is 238 g/mol. The third kappa shape index (κ3) is 4.89. The molecule has 3 heteroatoms. The van der Waals surface area contributed by atoms with E-state index in [0.29, 0.717) is 6.42 Å². The number of carbonyl (C=O) groups is 1. The Morgan fingerprint density at radius 2 is 1.76 bits per heavy atom. The van der Waals surface area contributed by atoms with Crippen molar-refractivity contribution < 1.29 is 13.6 Å². The second kappa shape index (κ2) is 6.94. The van der Waals surface area contributed by atoms with Crippen LogP contribution >= 0.6 is 0 Å². The third-order valence-corrected chi connectivity index (χ3v) is 2.50. The zero-order valence-corrected chi connectivity index (χ0v) is 9.72. The van der Waals surface area contributed by atoms with Gasteiger partial charge in [-0.1, -0.05) is 12.5 Å². The quantitative estimate of drug-likeness (QED) is 0.393. The van der Waals surface area contributed by atoms with E-state index >= 15 is 0 Å². The molecule has 0 aliphatic carbocycles.